The van der Waals surface area contributed by atoms with Crippen molar-refractivity contribution in [2.75, 3.05) is 37.5 Å². The van der Waals surface area contributed by atoms with Crippen molar-refractivity contribution in [2.24, 2.45) is 0 Å². The molecule has 0 radical (unpaired) electrons. The van der Waals surface area contributed by atoms with E-state index in [2.05, 4.69) is 9.97 Å². The summed E-state index contributed by atoms with van der Waals surface area (Å²) in [5.41, 5.74) is 0.404. The van der Waals surface area contributed by atoms with Crippen LogP contribution in [0.2, 0.25) is 5.15 Å². The molecule has 0 amide bonds. The van der Waals surface area contributed by atoms with Crippen LogP contribution < -0.4 is 4.90 Å². The number of halogens is 1. The number of morpholine rings is 1. The number of sulfone groups is 1. The number of hydrogen-bond acceptors (Lipinski definition) is 6. The highest BCUT2D eigenvalue weighted by molar-refractivity contribution is 7.91. The van der Waals surface area contributed by atoms with Gasteiger partial charge in [0.05, 0.1) is 18.9 Å². The third-order valence-electron chi connectivity index (χ3n) is 3.52. The lowest BCUT2D eigenvalue weighted by Crippen LogP contribution is -2.38. The standard InChI is InChI=1S/C12H18ClN3O3S/c1-12(2,20(3,17)18)9-8-10(13)15-11(14-9)16-4-6-19-7-5-16/h8H,4-7H2,1-3H3. The van der Waals surface area contributed by atoms with Crippen LogP contribution in [-0.4, -0.2) is 50.9 Å². The van der Waals surface area contributed by atoms with E-state index in [0.717, 1.165) is 0 Å². The molecule has 1 aliphatic rings. The van der Waals surface area contributed by atoms with Crippen molar-refractivity contribution < 1.29 is 13.2 Å². The van der Waals surface area contributed by atoms with Gasteiger partial charge in [0.1, 0.15) is 9.90 Å². The maximum Gasteiger partial charge on any atom is 0.227 e. The number of ether oxygens (including phenoxy) is 1. The molecule has 0 bridgehead atoms. The average Bonchev–Trinajstić information content (AvgIpc) is 2.37. The van der Waals surface area contributed by atoms with Gasteiger partial charge in [0.2, 0.25) is 5.95 Å². The number of aromatic nitrogens is 2. The summed E-state index contributed by atoms with van der Waals surface area (Å²) in [7, 11) is -3.31. The highest BCUT2D eigenvalue weighted by Gasteiger charge is 2.35. The Hall–Kier alpha value is -0.920. The molecule has 20 heavy (non-hydrogen) atoms. The van der Waals surface area contributed by atoms with Crippen molar-refractivity contribution in [3.63, 3.8) is 0 Å². The number of hydrogen-bond donors (Lipinski definition) is 0. The van der Waals surface area contributed by atoms with Gasteiger partial charge in [-0.2, -0.15) is 0 Å². The fourth-order valence-electron chi connectivity index (χ4n) is 1.81. The fraction of sp³-hybridized carbons (Fsp3) is 0.667. The maximum absolute atomic E-state index is 11.9. The van der Waals surface area contributed by atoms with Crippen LogP contribution in [0.15, 0.2) is 6.07 Å². The topological polar surface area (TPSA) is 72.4 Å². The van der Waals surface area contributed by atoms with E-state index < -0.39 is 14.6 Å². The number of rotatable bonds is 3. The van der Waals surface area contributed by atoms with Crippen molar-refractivity contribution in [2.45, 2.75) is 18.6 Å². The molecular weight excluding hydrogens is 302 g/mol. The molecule has 2 heterocycles. The molecule has 8 heteroatoms. The normalized spacial score (nSPS) is 17.3. The molecular formula is C12H18ClN3O3S. The Kier molecular flexibility index (Phi) is 4.22. The summed E-state index contributed by atoms with van der Waals surface area (Å²) in [4.78, 5) is 10.5. The van der Waals surface area contributed by atoms with Gasteiger partial charge in [-0.05, 0) is 19.9 Å². The first-order chi connectivity index (χ1) is 9.22. The third kappa shape index (κ3) is 3.05. The second-order valence-corrected chi connectivity index (χ2v) is 8.21. The Morgan fingerprint density at radius 2 is 1.90 bits per heavy atom. The predicted molar refractivity (Wildman–Crippen MR) is 77.9 cm³/mol. The molecule has 1 fully saturated rings. The minimum atomic E-state index is -3.31. The van der Waals surface area contributed by atoms with Gasteiger partial charge in [-0.25, -0.2) is 18.4 Å². The fourth-order valence-corrected chi connectivity index (χ4v) is 2.47. The first-order valence-corrected chi connectivity index (χ1v) is 8.56. The van der Waals surface area contributed by atoms with E-state index in [9.17, 15) is 8.42 Å². The molecule has 1 aromatic rings. The molecule has 1 aromatic heterocycles. The van der Waals surface area contributed by atoms with E-state index in [1.807, 2.05) is 4.90 Å². The molecule has 0 unspecified atom stereocenters. The van der Waals surface area contributed by atoms with Gasteiger partial charge in [-0.3, -0.25) is 0 Å². The zero-order chi connectivity index (χ0) is 15.0. The van der Waals surface area contributed by atoms with Gasteiger partial charge in [-0.15, -0.1) is 0 Å². The highest BCUT2D eigenvalue weighted by Crippen LogP contribution is 2.30. The SMILES string of the molecule is CC(C)(c1cc(Cl)nc(N2CCOCC2)n1)S(C)(=O)=O. The van der Waals surface area contributed by atoms with Crippen molar-refractivity contribution in [3.05, 3.63) is 16.9 Å². The number of nitrogens with zero attached hydrogens (tertiary/aromatic N) is 3. The Bertz CT molecular complexity index is 598. The summed E-state index contributed by atoms with van der Waals surface area (Å²) in [6.45, 7) is 5.76. The summed E-state index contributed by atoms with van der Waals surface area (Å²) in [6.07, 6.45) is 1.19. The zero-order valence-electron chi connectivity index (χ0n) is 11.8. The smallest absolute Gasteiger partial charge is 0.227 e. The van der Waals surface area contributed by atoms with Gasteiger partial charge in [0.15, 0.2) is 9.84 Å². The molecule has 0 N–H and O–H groups in total. The van der Waals surface area contributed by atoms with Crippen LogP contribution in [0.4, 0.5) is 5.95 Å². The molecule has 0 aliphatic carbocycles. The van der Waals surface area contributed by atoms with Crippen molar-refractivity contribution in [1.29, 1.82) is 0 Å². The van der Waals surface area contributed by atoms with Crippen LogP contribution in [0.3, 0.4) is 0 Å². The van der Waals surface area contributed by atoms with Crippen LogP contribution in [0.25, 0.3) is 0 Å². The lowest BCUT2D eigenvalue weighted by Gasteiger charge is -2.28. The molecule has 2 rings (SSSR count). The quantitative estimate of drug-likeness (QED) is 0.781. The Labute approximate surface area is 124 Å². The monoisotopic (exact) mass is 319 g/mol. The van der Waals surface area contributed by atoms with Crippen LogP contribution in [-0.2, 0) is 19.3 Å². The number of anilines is 1. The van der Waals surface area contributed by atoms with Crippen LogP contribution in [0.5, 0.6) is 0 Å². The molecule has 0 saturated carbocycles. The minimum Gasteiger partial charge on any atom is -0.378 e. The lowest BCUT2D eigenvalue weighted by atomic mass is 10.1. The zero-order valence-corrected chi connectivity index (χ0v) is 13.3. The summed E-state index contributed by atoms with van der Waals surface area (Å²) < 4.78 is 28.0. The summed E-state index contributed by atoms with van der Waals surface area (Å²) in [5, 5.41) is 0.244. The molecule has 0 atom stereocenters. The molecule has 1 aliphatic heterocycles. The van der Waals surface area contributed by atoms with Crippen LogP contribution in [0.1, 0.15) is 19.5 Å². The first-order valence-electron chi connectivity index (χ1n) is 6.29. The minimum absolute atomic E-state index is 0.244. The van der Waals surface area contributed by atoms with Crippen molar-refractivity contribution in [3.8, 4) is 0 Å². The molecule has 0 spiro atoms. The third-order valence-corrected chi connectivity index (χ3v) is 5.78. The van der Waals surface area contributed by atoms with E-state index in [1.165, 1.54) is 12.3 Å². The first kappa shape index (κ1) is 15.5. The van der Waals surface area contributed by atoms with Crippen molar-refractivity contribution >= 4 is 27.4 Å². The summed E-state index contributed by atoms with van der Waals surface area (Å²) >= 11 is 6.02. The maximum atomic E-state index is 11.9. The van der Waals surface area contributed by atoms with Crippen molar-refractivity contribution in [1.82, 2.24) is 9.97 Å². The highest BCUT2D eigenvalue weighted by atomic mass is 35.5. The van der Waals surface area contributed by atoms with E-state index in [1.54, 1.807) is 13.8 Å². The van der Waals surface area contributed by atoms with Gasteiger partial charge in [0.25, 0.3) is 0 Å². The lowest BCUT2D eigenvalue weighted by molar-refractivity contribution is 0.122. The average molecular weight is 320 g/mol. The Morgan fingerprint density at radius 1 is 1.30 bits per heavy atom. The van der Waals surface area contributed by atoms with E-state index in [-0.39, 0.29) is 5.15 Å². The summed E-state index contributed by atoms with van der Waals surface area (Å²) in [5.74, 6) is 0.451. The largest absolute Gasteiger partial charge is 0.378 e. The van der Waals surface area contributed by atoms with Crippen LogP contribution >= 0.6 is 11.6 Å². The van der Waals surface area contributed by atoms with E-state index >= 15 is 0 Å². The predicted octanol–water partition coefficient (Wildman–Crippen LogP) is 1.25. The Morgan fingerprint density at radius 3 is 2.45 bits per heavy atom. The molecule has 6 nitrogen and oxygen atoms in total. The van der Waals surface area contributed by atoms with Gasteiger partial charge in [0, 0.05) is 19.3 Å². The Balaban J connectivity index is 2.43. The second kappa shape index (κ2) is 5.46. The molecule has 112 valence electrons. The van der Waals surface area contributed by atoms with Gasteiger partial charge in [-0.1, -0.05) is 11.6 Å². The molecule has 0 aromatic carbocycles. The summed E-state index contributed by atoms with van der Waals surface area (Å²) in [6, 6.07) is 1.51. The second-order valence-electron chi connectivity index (χ2n) is 5.26. The van der Waals surface area contributed by atoms with Crippen LogP contribution in [0, 0.1) is 0 Å². The van der Waals surface area contributed by atoms with E-state index in [4.69, 9.17) is 16.3 Å². The van der Waals surface area contributed by atoms with E-state index in [0.29, 0.717) is 37.9 Å². The molecule has 1 saturated heterocycles. The van der Waals surface area contributed by atoms with Gasteiger partial charge < -0.3 is 9.64 Å². The van der Waals surface area contributed by atoms with Gasteiger partial charge >= 0.3 is 0 Å².